The molecule has 5 aliphatic rings. The van der Waals surface area contributed by atoms with Gasteiger partial charge in [0, 0.05) is 18.3 Å². The van der Waals surface area contributed by atoms with Gasteiger partial charge in [-0.25, -0.2) is 0 Å². The van der Waals surface area contributed by atoms with Gasteiger partial charge in [0.05, 0.1) is 0 Å². The Morgan fingerprint density at radius 3 is 2.81 bits per heavy atom. The highest BCUT2D eigenvalue weighted by Gasteiger charge is 2.74. The summed E-state index contributed by atoms with van der Waals surface area (Å²) < 4.78 is 0. The van der Waals surface area contributed by atoms with Gasteiger partial charge in [-0.05, 0) is 73.2 Å². The van der Waals surface area contributed by atoms with Crippen LogP contribution >= 0.6 is 0 Å². The monoisotopic (exact) mass is 284 g/mol. The molecule has 2 nitrogen and oxygen atoms in total. The van der Waals surface area contributed by atoms with E-state index in [0.29, 0.717) is 28.3 Å². The summed E-state index contributed by atoms with van der Waals surface area (Å²) in [5, 5.41) is 0. The van der Waals surface area contributed by atoms with Crippen LogP contribution in [0, 0.1) is 34.0 Å². The molecule has 5 aliphatic carbocycles. The fourth-order valence-electron chi connectivity index (χ4n) is 7.21. The zero-order valence-electron chi connectivity index (χ0n) is 12.9. The summed E-state index contributed by atoms with van der Waals surface area (Å²) in [7, 11) is 0. The van der Waals surface area contributed by atoms with E-state index in [-0.39, 0.29) is 5.41 Å². The topological polar surface area (TPSA) is 34.1 Å². The Balaban J connectivity index is 1.54. The average Bonchev–Trinajstić information content (AvgIpc) is 3.05. The Labute approximate surface area is 126 Å². The standard InChI is InChI=1S/C19H24O2/c1-17-7-6-15-13(14(17)2-3-16(17)21)5-8-18-10-12(20)4-9-19(15,18)11-18/h4,9,13-15H,2-3,5-8,10-11H2,1H3/t13-,14-,15-,17-,18+,19-/m0/s1. The zero-order chi connectivity index (χ0) is 14.5. The summed E-state index contributed by atoms with van der Waals surface area (Å²) in [6.45, 7) is 2.25. The number of rotatable bonds is 0. The van der Waals surface area contributed by atoms with E-state index in [1.165, 1.54) is 25.7 Å². The first-order chi connectivity index (χ1) is 10.0. The van der Waals surface area contributed by atoms with Crippen molar-refractivity contribution in [3.63, 3.8) is 0 Å². The Morgan fingerprint density at radius 2 is 1.95 bits per heavy atom. The number of allylic oxidation sites excluding steroid dienone is 2. The maximum atomic E-state index is 12.4. The molecule has 21 heavy (non-hydrogen) atoms. The summed E-state index contributed by atoms with van der Waals surface area (Å²) in [5.41, 5.74) is 0.661. The third-order valence-corrected chi connectivity index (χ3v) is 8.34. The lowest BCUT2D eigenvalue weighted by atomic mass is 9.51. The maximum absolute atomic E-state index is 12.4. The molecule has 0 bridgehead atoms. The number of carbonyl (C=O) groups is 2. The van der Waals surface area contributed by atoms with Crippen LogP contribution < -0.4 is 0 Å². The summed E-state index contributed by atoms with van der Waals surface area (Å²) in [6, 6.07) is 0. The van der Waals surface area contributed by atoms with Crippen LogP contribution in [0.25, 0.3) is 0 Å². The molecule has 2 heteroatoms. The molecule has 0 aromatic carbocycles. The Hall–Kier alpha value is -0.920. The Kier molecular flexibility index (Phi) is 2.11. The second-order valence-corrected chi connectivity index (χ2v) is 8.81. The Morgan fingerprint density at radius 1 is 1.10 bits per heavy atom. The molecule has 5 rings (SSSR count). The van der Waals surface area contributed by atoms with E-state index in [2.05, 4.69) is 13.0 Å². The van der Waals surface area contributed by atoms with E-state index in [1.54, 1.807) is 0 Å². The van der Waals surface area contributed by atoms with Crippen molar-refractivity contribution < 1.29 is 9.59 Å². The molecule has 0 unspecified atom stereocenters. The van der Waals surface area contributed by atoms with E-state index >= 15 is 0 Å². The maximum Gasteiger partial charge on any atom is 0.155 e. The van der Waals surface area contributed by atoms with Gasteiger partial charge in [-0.3, -0.25) is 9.59 Å². The van der Waals surface area contributed by atoms with Crippen molar-refractivity contribution in [2.75, 3.05) is 0 Å². The number of ketones is 2. The van der Waals surface area contributed by atoms with Crippen LogP contribution in [0.1, 0.15) is 58.3 Å². The van der Waals surface area contributed by atoms with Gasteiger partial charge in [-0.15, -0.1) is 0 Å². The summed E-state index contributed by atoms with van der Waals surface area (Å²) in [6.07, 6.45) is 13.0. The van der Waals surface area contributed by atoms with Crippen molar-refractivity contribution in [1.29, 1.82) is 0 Å². The van der Waals surface area contributed by atoms with Gasteiger partial charge in [-0.1, -0.05) is 13.0 Å². The number of hydrogen-bond acceptors (Lipinski definition) is 2. The van der Waals surface area contributed by atoms with Crippen molar-refractivity contribution in [1.82, 2.24) is 0 Å². The quantitative estimate of drug-likeness (QED) is 0.679. The molecule has 4 saturated carbocycles. The van der Waals surface area contributed by atoms with E-state index < -0.39 is 0 Å². The van der Waals surface area contributed by atoms with Crippen LogP contribution in [0.2, 0.25) is 0 Å². The van der Waals surface area contributed by atoms with E-state index in [9.17, 15) is 9.59 Å². The number of hydrogen-bond donors (Lipinski definition) is 0. The number of fused-ring (bicyclic) bond motifs is 3. The van der Waals surface area contributed by atoms with Crippen LogP contribution in [0.3, 0.4) is 0 Å². The molecule has 0 aromatic rings. The lowest BCUT2D eigenvalue weighted by Gasteiger charge is -2.52. The highest BCUT2D eigenvalue weighted by atomic mass is 16.1. The minimum Gasteiger partial charge on any atom is -0.299 e. The Bertz CT molecular complexity index is 590. The molecule has 6 atom stereocenters. The van der Waals surface area contributed by atoms with Gasteiger partial charge in [0.25, 0.3) is 0 Å². The molecule has 0 amide bonds. The summed E-state index contributed by atoms with van der Waals surface area (Å²) in [5.74, 6) is 3.00. The van der Waals surface area contributed by atoms with Gasteiger partial charge in [0.15, 0.2) is 5.78 Å². The first kappa shape index (κ1) is 12.6. The molecule has 0 heterocycles. The third-order valence-electron chi connectivity index (χ3n) is 8.34. The minimum absolute atomic E-state index is 0.0130. The largest absolute Gasteiger partial charge is 0.299 e. The van der Waals surface area contributed by atoms with Gasteiger partial charge in [0.2, 0.25) is 0 Å². The second kappa shape index (κ2) is 3.52. The van der Waals surface area contributed by atoms with Gasteiger partial charge >= 0.3 is 0 Å². The van der Waals surface area contributed by atoms with Crippen molar-refractivity contribution in [2.45, 2.75) is 58.3 Å². The predicted molar refractivity (Wildman–Crippen MR) is 79.5 cm³/mol. The highest BCUT2D eigenvalue weighted by molar-refractivity contribution is 5.92. The van der Waals surface area contributed by atoms with Crippen molar-refractivity contribution in [3.05, 3.63) is 12.2 Å². The predicted octanol–water partition coefficient (Wildman–Crippen LogP) is 3.70. The molecule has 112 valence electrons. The first-order valence-corrected chi connectivity index (χ1v) is 8.76. The zero-order valence-corrected chi connectivity index (χ0v) is 12.9. The summed E-state index contributed by atoms with van der Waals surface area (Å²) in [4.78, 5) is 24.2. The molecule has 0 aliphatic heterocycles. The lowest BCUT2D eigenvalue weighted by molar-refractivity contribution is -0.132. The van der Waals surface area contributed by atoms with Gasteiger partial charge in [0.1, 0.15) is 5.78 Å². The second-order valence-electron chi connectivity index (χ2n) is 8.81. The number of Topliss-reactive ketones (excluding diaryl/α,β-unsaturated/α-hetero) is 1. The average molecular weight is 284 g/mol. The fourth-order valence-corrected chi connectivity index (χ4v) is 7.21. The molecule has 0 N–H and O–H groups in total. The lowest BCUT2D eigenvalue weighted by Crippen LogP contribution is -2.48. The van der Waals surface area contributed by atoms with Crippen LogP contribution in [0.4, 0.5) is 0 Å². The molecule has 0 radical (unpaired) electrons. The normalized spacial score (nSPS) is 57.3. The van der Waals surface area contributed by atoms with Gasteiger partial charge < -0.3 is 0 Å². The van der Waals surface area contributed by atoms with Crippen LogP contribution in [-0.4, -0.2) is 11.6 Å². The van der Waals surface area contributed by atoms with E-state index in [1.807, 2.05) is 6.08 Å². The first-order valence-electron chi connectivity index (χ1n) is 8.76. The summed E-state index contributed by atoms with van der Waals surface area (Å²) >= 11 is 0. The fraction of sp³-hybridized carbons (Fsp3) is 0.789. The molecule has 0 saturated heterocycles. The SMILES string of the molecule is C[C@]12CC[C@H]3[C@@H](CC[C@]45CC(=O)C=C[C@]34C5)[C@@H]1CCC2=O. The molecule has 4 fully saturated rings. The van der Waals surface area contributed by atoms with E-state index in [0.717, 1.165) is 37.5 Å². The smallest absolute Gasteiger partial charge is 0.155 e. The van der Waals surface area contributed by atoms with Crippen LogP contribution in [0.5, 0.6) is 0 Å². The van der Waals surface area contributed by atoms with Crippen LogP contribution in [0.15, 0.2) is 12.2 Å². The van der Waals surface area contributed by atoms with Crippen molar-refractivity contribution in [2.24, 2.45) is 34.0 Å². The molecule has 0 aromatic heterocycles. The molecular formula is C19H24O2. The van der Waals surface area contributed by atoms with Crippen molar-refractivity contribution >= 4 is 11.6 Å². The number of carbonyl (C=O) groups excluding carboxylic acids is 2. The molecule has 0 spiro atoms. The van der Waals surface area contributed by atoms with Gasteiger partial charge in [-0.2, -0.15) is 0 Å². The third kappa shape index (κ3) is 1.27. The van der Waals surface area contributed by atoms with Crippen molar-refractivity contribution in [3.8, 4) is 0 Å². The minimum atomic E-state index is -0.0130. The highest BCUT2D eigenvalue weighted by Crippen LogP contribution is 2.81. The van der Waals surface area contributed by atoms with E-state index in [4.69, 9.17) is 0 Å². The molecular weight excluding hydrogens is 260 g/mol. The van der Waals surface area contributed by atoms with Crippen LogP contribution in [-0.2, 0) is 9.59 Å².